The molecule has 0 heterocycles. The van der Waals surface area contributed by atoms with Gasteiger partial charge in [0.15, 0.2) is 0 Å². The standard InChI is InChI=1S/C16H20O4/c1-19-15(17)13-11-9-6-10(8-5-3-4-7(8)9)12(11)14(13)16(18)20-2/h3-4,7-14H,5-6H2,1-2H3. The predicted molar refractivity (Wildman–Crippen MR) is 70.3 cm³/mol. The van der Waals surface area contributed by atoms with E-state index in [-0.39, 0.29) is 23.8 Å². The molecule has 0 N–H and O–H groups in total. The van der Waals surface area contributed by atoms with Crippen LogP contribution in [0.15, 0.2) is 12.2 Å². The van der Waals surface area contributed by atoms with Crippen molar-refractivity contribution in [1.29, 1.82) is 0 Å². The summed E-state index contributed by atoms with van der Waals surface area (Å²) in [6.07, 6.45) is 6.94. The normalized spacial score (nSPS) is 50.3. The van der Waals surface area contributed by atoms with E-state index in [1.807, 2.05) is 0 Å². The van der Waals surface area contributed by atoms with Gasteiger partial charge in [0.2, 0.25) is 0 Å². The van der Waals surface area contributed by atoms with Gasteiger partial charge in [0.1, 0.15) is 0 Å². The number of allylic oxidation sites excluding steroid dienone is 2. The molecular formula is C16H20O4. The molecule has 4 nitrogen and oxygen atoms in total. The SMILES string of the molecule is COC(=O)C1C(C(=O)OC)C2C3CC(C4C=CCC43)C12. The Bertz CT molecular complexity index is 497. The van der Waals surface area contributed by atoms with E-state index in [0.717, 1.165) is 6.42 Å². The van der Waals surface area contributed by atoms with E-state index in [1.54, 1.807) is 0 Å². The maximum Gasteiger partial charge on any atom is 0.309 e. The first-order valence-corrected chi connectivity index (χ1v) is 7.51. The van der Waals surface area contributed by atoms with Gasteiger partial charge in [-0.3, -0.25) is 9.59 Å². The van der Waals surface area contributed by atoms with Gasteiger partial charge in [-0.2, -0.15) is 0 Å². The summed E-state index contributed by atoms with van der Waals surface area (Å²) < 4.78 is 9.89. The van der Waals surface area contributed by atoms with Crippen LogP contribution in [0.2, 0.25) is 0 Å². The molecule has 0 aromatic heterocycles. The Morgan fingerprint density at radius 1 is 0.950 bits per heavy atom. The van der Waals surface area contributed by atoms with Gasteiger partial charge in [0.25, 0.3) is 0 Å². The van der Waals surface area contributed by atoms with Crippen molar-refractivity contribution in [2.75, 3.05) is 14.2 Å². The summed E-state index contributed by atoms with van der Waals surface area (Å²) in [4.78, 5) is 24.2. The third kappa shape index (κ3) is 1.28. The van der Waals surface area contributed by atoms with Crippen molar-refractivity contribution in [2.24, 2.45) is 47.3 Å². The molecule has 2 bridgehead atoms. The number of carbonyl (C=O) groups excluding carboxylic acids is 2. The second-order valence-corrected chi connectivity index (χ2v) is 6.72. The van der Waals surface area contributed by atoms with Gasteiger partial charge < -0.3 is 9.47 Å². The molecule has 4 heteroatoms. The number of hydrogen-bond donors (Lipinski definition) is 0. The lowest BCUT2D eigenvalue weighted by Crippen LogP contribution is -2.59. The highest BCUT2D eigenvalue weighted by Crippen LogP contribution is 2.71. The summed E-state index contributed by atoms with van der Waals surface area (Å²) in [5, 5.41) is 0. The maximum atomic E-state index is 12.1. The second-order valence-electron chi connectivity index (χ2n) is 6.72. The second kappa shape index (κ2) is 4.09. The van der Waals surface area contributed by atoms with Crippen LogP contribution in [-0.4, -0.2) is 26.2 Å². The average Bonchev–Trinajstić information content (AvgIpc) is 3.08. The van der Waals surface area contributed by atoms with Crippen LogP contribution in [0.5, 0.6) is 0 Å². The lowest BCUT2D eigenvalue weighted by molar-refractivity contribution is -0.187. The van der Waals surface area contributed by atoms with E-state index < -0.39 is 0 Å². The maximum absolute atomic E-state index is 12.1. The van der Waals surface area contributed by atoms with Gasteiger partial charge in [-0.05, 0) is 48.3 Å². The average molecular weight is 276 g/mol. The Morgan fingerprint density at radius 2 is 1.55 bits per heavy atom. The van der Waals surface area contributed by atoms with Gasteiger partial charge in [-0.15, -0.1) is 0 Å². The first-order chi connectivity index (χ1) is 9.69. The summed E-state index contributed by atoms with van der Waals surface area (Å²) >= 11 is 0. The number of hydrogen-bond acceptors (Lipinski definition) is 4. The zero-order valence-electron chi connectivity index (χ0n) is 11.8. The number of rotatable bonds is 2. The fourth-order valence-electron chi connectivity index (χ4n) is 5.91. The lowest BCUT2D eigenvalue weighted by Gasteiger charge is -2.54. The van der Waals surface area contributed by atoms with E-state index in [0.29, 0.717) is 35.5 Å². The van der Waals surface area contributed by atoms with Crippen LogP contribution in [0.25, 0.3) is 0 Å². The largest absolute Gasteiger partial charge is 0.469 e. The molecule has 8 unspecified atom stereocenters. The van der Waals surface area contributed by atoms with Crippen molar-refractivity contribution in [1.82, 2.24) is 0 Å². The number of esters is 2. The van der Waals surface area contributed by atoms with Crippen LogP contribution >= 0.6 is 0 Å². The van der Waals surface area contributed by atoms with Gasteiger partial charge >= 0.3 is 11.9 Å². The number of ether oxygens (including phenoxy) is 2. The van der Waals surface area contributed by atoms with E-state index in [2.05, 4.69) is 12.2 Å². The Kier molecular flexibility index (Phi) is 2.54. The van der Waals surface area contributed by atoms with Crippen molar-refractivity contribution >= 4 is 11.9 Å². The topological polar surface area (TPSA) is 52.6 Å². The van der Waals surface area contributed by atoms with Crippen molar-refractivity contribution in [2.45, 2.75) is 12.8 Å². The summed E-state index contributed by atoms with van der Waals surface area (Å²) in [6, 6.07) is 0. The molecule has 0 aromatic rings. The van der Waals surface area contributed by atoms with Crippen LogP contribution < -0.4 is 0 Å². The fraction of sp³-hybridized carbons (Fsp3) is 0.750. The monoisotopic (exact) mass is 276 g/mol. The smallest absolute Gasteiger partial charge is 0.309 e. The van der Waals surface area contributed by atoms with Crippen LogP contribution in [0, 0.1) is 47.3 Å². The molecule has 0 saturated heterocycles. The van der Waals surface area contributed by atoms with Crippen molar-refractivity contribution in [3.05, 3.63) is 12.2 Å². The van der Waals surface area contributed by atoms with Gasteiger partial charge in [0.05, 0.1) is 26.1 Å². The lowest BCUT2D eigenvalue weighted by atomic mass is 9.49. The van der Waals surface area contributed by atoms with Crippen LogP contribution in [0.4, 0.5) is 0 Å². The summed E-state index contributed by atoms with van der Waals surface area (Å²) in [5.74, 6) is 2.17. The minimum Gasteiger partial charge on any atom is -0.469 e. The molecule has 0 aromatic carbocycles. The van der Waals surface area contributed by atoms with Crippen molar-refractivity contribution in [3.8, 4) is 0 Å². The van der Waals surface area contributed by atoms with Crippen LogP contribution in [0.1, 0.15) is 12.8 Å². The summed E-state index contributed by atoms with van der Waals surface area (Å²) in [5.41, 5.74) is 0. The van der Waals surface area contributed by atoms with Crippen LogP contribution in [-0.2, 0) is 19.1 Å². The van der Waals surface area contributed by atoms with E-state index in [9.17, 15) is 9.59 Å². The molecule has 0 aliphatic heterocycles. The highest BCUT2D eigenvalue weighted by Gasteiger charge is 2.72. The predicted octanol–water partition coefficient (Wildman–Crippen LogP) is 1.65. The van der Waals surface area contributed by atoms with E-state index in [1.165, 1.54) is 20.6 Å². The highest BCUT2D eigenvalue weighted by molar-refractivity contribution is 5.85. The molecule has 20 heavy (non-hydrogen) atoms. The highest BCUT2D eigenvalue weighted by atomic mass is 16.5. The summed E-state index contributed by atoms with van der Waals surface area (Å²) in [7, 11) is 2.83. The molecule has 108 valence electrons. The first-order valence-electron chi connectivity index (χ1n) is 7.51. The quantitative estimate of drug-likeness (QED) is 0.568. The van der Waals surface area contributed by atoms with Gasteiger partial charge in [-0.1, -0.05) is 12.2 Å². The Balaban J connectivity index is 1.67. The zero-order valence-corrected chi connectivity index (χ0v) is 11.8. The third-order valence-corrected chi connectivity index (χ3v) is 6.45. The minimum absolute atomic E-state index is 0.225. The van der Waals surface area contributed by atoms with Gasteiger partial charge in [-0.25, -0.2) is 0 Å². The molecule has 4 aliphatic rings. The molecule has 0 radical (unpaired) electrons. The van der Waals surface area contributed by atoms with Crippen molar-refractivity contribution < 1.29 is 19.1 Å². The molecule has 4 aliphatic carbocycles. The van der Waals surface area contributed by atoms with E-state index in [4.69, 9.17) is 9.47 Å². The summed E-state index contributed by atoms with van der Waals surface area (Å²) in [6.45, 7) is 0. The fourth-order valence-corrected chi connectivity index (χ4v) is 5.91. The molecule has 0 spiro atoms. The van der Waals surface area contributed by atoms with Crippen LogP contribution in [0.3, 0.4) is 0 Å². The van der Waals surface area contributed by atoms with E-state index >= 15 is 0 Å². The first kappa shape index (κ1) is 12.4. The Morgan fingerprint density at radius 3 is 2.15 bits per heavy atom. The van der Waals surface area contributed by atoms with Gasteiger partial charge in [0, 0.05) is 0 Å². The molecular weight excluding hydrogens is 256 g/mol. The van der Waals surface area contributed by atoms with Crippen molar-refractivity contribution in [3.63, 3.8) is 0 Å². The molecule has 4 rings (SSSR count). The molecule has 0 amide bonds. The molecule has 3 saturated carbocycles. The Hall–Kier alpha value is -1.32. The number of fused-ring (bicyclic) bond motifs is 8. The molecule has 8 atom stereocenters. The Labute approximate surface area is 118 Å². The molecule has 3 fully saturated rings. The zero-order chi connectivity index (χ0) is 14.0. The number of carbonyl (C=O) groups is 2. The third-order valence-electron chi connectivity index (χ3n) is 6.45. The minimum atomic E-state index is -0.276. The number of methoxy groups -OCH3 is 2.